The minimum atomic E-state index is -3.86. The Morgan fingerprint density at radius 1 is 1.00 bits per heavy atom. The molecule has 138 valence electrons. The van der Waals surface area contributed by atoms with Gasteiger partial charge in [0.2, 0.25) is 5.91 Å². The number of amides is 1. The van der Waals surface area contributed by atoms with Gasteiger partial charge in [-0.2, -0.15) is 0 Å². The number of benzene rings is 2. The molecule has 0 aliphatic carbocycles. The molecule has 0 radical (unpaired) electrons. The van der Waals surface area contributed by atoms with E-state index in [0.717, 1.165) is 0 Å². The normalized spacial score (nSPS) is 11.7. The van der Waals surface area contributed by atoms with Crippen LogP contribution in [-0.4, -0.2) is 14.3 Å². The number of nitroso groups, excluding NO2 is 1. The van der Waals surface area contributed by atoms with Crippen molar-refractivity contribution in [3.63, 3.8) is 0 Å². The summed E-state index contributed by atoms with van der Waals surface area (Å²) in [5, 5.41) is 5.59. The second-order valence-electron chi connectivity index (χ2n) is 6.93. The molecule has 0 saturated heterocycles. The van der Waals surface area contributed by atoms with Crippen molar-refractivity contribution in [1.29, 1.82) is 0 Å². The second kappa shape index (κ2) is 7.25. The Bertz CT molecular complexity index is 930. The first kappa shape index (κ1) is 19.6. The molecule has 26 heavy (non-hydrogen) atoms. The van der Waals surface area contributed by atoms with Gasteiger partial charge in [0, 0.05) is 16.8 Å². The Balaban J connectivity index is 2.17. The third-order valence-corrected chi connectivity index (χ3v) is 5.04. The zero-order valence-corrected chi connectivity index (χ0v) is 15.8. The third kappa shape index (κ3) is 4.66. The largest absolute Gasteiger partial charge is 0.326 e. The van der Waals surface area contributed by atoms with Crippen LogP contribution in [0.3, 0.4) is 0 Å². The lowest BCUT2D eigenvalue weighted by Crippen LogP contribution is -2.27. The van der Waals surface area contributed by atoms with Crippen molar-refractivity contribution in [2.24, 2.45) is 10.6 Å². The van der Waals surface area contributed by atoms with Crippen molar-refractivity contribution in [1.82, 2.24) is 0 Å². The highest BCUT2D eigenvalue weighted by molar-refractivity contribution is 7.92. The minimum Gasteiger partial charge on any atom is -0.326 e. The number of aryl methyl sites for hydroxylation is 1. The van der Waals surface area contributed by atoms with Crippen molar-refractivity contribution in [2.75, 3.05) is 10.0 Å². The van der Waals surface area contributed by atoms with Crippen LogP contribution >= 0.6 is 0 Å². The van der Waals surface area contributed by atoms with E-state index in [-0.39, 0.29) is 16.5 Å². The van der Waals surface area contributed by atoms with Gasteiger partial charge in [-0.25, -0.2) is 8.42 Å². The van der Waals surface area contributed by atoms with E-state index in [1.54, 1.807) is 52.0 Å². The van der Waals surface area contributed by atoms with Gasteiger partial charge in [0.1, 0.15) is 5.69 Å². The highest BCUT2D eigenvalue weighted by atomic mass is 32.2. The standard InChI is InChI=1S/C18H21N3O4S/c1-12-5-10-15(11-16(12)20-23)26(24,25)21-14-8-6-13(7-9-14)19-17(22)18(2,3)4/h5-11,21H,1-4H3,(H,19,22). The van der Waals surface area contributed by atoms with E-state index >= 15 is 0 Å². The maximum absolute atomic E-state index is 12.5. The fourth-order valence-electron chi connectivity index (χ4n) is 2.01. The first-order chi connectivity index (χ1) is 12.0. The molecule has 2 aromatic carbocycles. The number of sulfonamides is 1. The Morgan fingerprint density at radius 2 is 1.58 bits per heavy atom. The predicted octanol–water partition coefficient (Wildman–Crippen LogP) is 4.18. The van der Waals surface area contributed by atoms with Crippen LogP contribution in [0.1, 0.15) is 26.3 Å². The molecule has 0 spiro atoms. The molecule has 7 nitrogen and oxygen atoms in total. The maximum Gasteiger partial charge on any atom is 0.261 e. The van der Waals surface area contributed by atoms with Gasteiger partial charge < -0.3 is 5.32 Å². The number of rotatable bonds is 5. The Kier molecular flexibility index (Phi) is 5.46. The number of anilines is 2. The molecule has 0 bridgehead atoms. The average Bonchev–Trinajstić information content (AvgIpc) is 2.55. The molecule has 0 aliphatic rings. The molecule has 2 rings (SSSR count). The fraction of sp³-hybridized carbons (Fsp3) is 0.278. The third-order valence-electron chi connectivity index (χ3n) is 3.67. The monoisotopic (exact) mass is 375 g/mol. The zero-order chi connectivity index (χ0) is 19.5. The molecule has 0 unspecified atom stereocenters. The van der Waals surface area contributed by atoms with Crippen molar-refractivity contribution in [2.45, 2.75) is 32.6 Å². The minimum absolute atomic E-state index is 0.0530. The molecule has 2 N–H and O–H groups in total. The van der Waals surface area contributed by atoms with Crippen LogP contribution in [0, 0.1) is 17.2 Å². The summed E-state index contributed by atoms with van der Waals surface area (Å²) in [6.45, 7) is 7.07. The molecule has 2 aromatic rings. The lowest BCUT2D eigenvalue weighted by Gasteiger charge is -2.17. The van der Waals surface area contributed by atoms with Gasteiger partial charge in [-0.15, -0.1) is 4.91 Å². The quantitative estimate of drug-likeness (QED) is 0.765. The lowest BCUT2D eigenvalue weighted by atomic mass is 9.95. The molecular formula is C18H21N3O4S. The van der Waals surface area contributed by atoms with Crippen LogP contribution in [0.2, 0.25) is 0 Å². The number of nitrogens with zero attached hydrogens (tertiary/aromatic N) is 1. The molecule has 0 saturated carbocycles. The first-order valence-corrected chi connectivity index (χ1v) is 9.39. The SMILES string of the molecule is Cc1ccc(S(=O)(=O)Nc2ccc(NC(=O)C(C)(C)C)cc2)cc1N=O. The van der Waals surface area contributed by atoms with Gasteiger partial charge in [0.15, 0.2) is 0 Å². The highest BCUT2D eigenvalue weighted by Gasteiger charge is 2.21. The summed E-state index contributed by atoms with van der Waals surface area (Å²) in [5.74, 6) is -0.139. The number of hydrogen-bond acceptors (Lipinski definition) is 5. The summed E-state index contributed by atoms with van der Waals surface area (Å²) in [7, 11) is -3.86. The highest BCUT2D eigenvalue weighted by Crippen LogP contribution is 2.25. The van der Waals surface area contributed by atoms with Crippen LogP contribution in [0.4, 0.5) is 17.1 Å². The van der Waals surface area contributed by atoms with Crippen LogP contribution in [0.5, 0.6) is 0 Å². The molecule has 1 amide bonds. The van der Waals surface area contributed by atoms with E-state index < -0.39 is 15.4 Å². The molecule has 0 atom stereocenters. The van der Waals surface area contributed by atoms with Gasteiger partial charge in [0.25, 0.3) is 10.0 Å². The van der Waals surface area contributed by atoms with Crippen molar-refractivity contribution < 1.29 is 13.2 Å². The zero-order valence-electron chi connectivity index (χ0n) is 15.0. The van der Waals surface area contributed by atoms with Crippen LogP contribution in [-0.2, 0) is 14.8 Å². The van der Waals surface area contributed by atoms with Gasteiger partial charge in [-0.3, -0.25) is 9.52 Å². The van der Waals surface area contributed by atoms with Gasteiger partial charge in [-0.1, -0.05) is 26.8 Å². The number of carbonyl (C=O) groups is 1. The van der Waals surface area contributed by atoms with Crippen molar-refractivity contribution in [3.05, 3.63) is 52.9 Å². The van der Waals surface area contributed by atoms with Crippen molar-refractivity contribution in [3.8, 4) is 0 Å². The van der Waals surface area contributed by atoms with Crippen LogP contribution in [0.25, 0.3) is 0 Å². The molecule has 0 aromatic heterocycles. The fourth-order valence-corrected chi connectivity index (χ4v) is 3.09. The predicted molar refractivity (Wildman–Crippen MR) is 102 cm³/mol. The summed E-state index contributed by atoms with van der Waals surface area (Å²) in [6, 6.07) is 10.5. The topological polar surface area (TPSA) is 105 Å². The van der Waals surface area contributed by atoms with E-state index in [2.05, 4.69) is 15.2 Å². The van der Waals surface area contributed by atoms with E-state index in [1.165, 1.54) is 18.2 Å². The van der Waals surface area contributed by atoms with Crippen LogP contribution in [0.15, 0.2) is 52.5 Å². The first-order valence-electron chi connectivity index (χ1n) is 7.91. The Morgan fingerprint density at radius 3 is 2.12 bits per heavy atom. The summed E-state index contributed by atoms with van der Waals surface area (Å²) in [6.07, 6.45) is 0. The molecule has 0 heterocycles. The lowest BCUT2D eigenvalue weighted by molar-refractivity contribution is -0.123. The average molecular weight is 375 g/mol. The summed E-state index contributed by atoms with van der Waals surface area (Å²) < 4.78 is 27.3. The maximum atomic E-state index is 12.5. The Hall–Kier alpha value is -2.74. The molecule has 0 fully saturated rings. The molecular weight excluding hydrogens is 354 g/mol. The van der Waals surface area contributed by atoms with E-state index in [1.807, 2.05) is 0 Å². The van der Waals surface area contributed by atoms with E-state index in [9.17, 15) is 18.1 Å². The van der Waals surface area contributed by atoms with E-state index in [4.69, 9.17) is 0 Å². The number of carbonyl (C=O) groups excluding carboxylic acids is 1. The number of hydrogen-bond donors (Lipinski definition) is 2. The summed E-state index contributed by atoms with van der Waals surface area (Å²) >= 11 is 0. The van der Waals surface area contributed by atoms with Crippen molar-refractivity contribution >= 4 is 33.0 Å². The summed E-state index contributed by atoms with van der Waals surface area (Å²) in [4.78, 5) is 22.7. The summed E-state index contributed by atoms with van der Waals surface area (Å²) in [5.41, 5.74) is 1.04. The molecule has 8 heteroatoms. The van der Waals surface area contributed by atoms with E-state index in [0.29, 0.717) is 16.9 Å². The van der Waals surface area contributed by atoms with Gasteiger partial charge in [0.05, 0.1) is 4.90 Å². The van der Waals surface area contributed by atoms with Crippen LogP contribution < -0.4 is 10.0 Å². The second-order valence-corrected chi connectivity index (χ2v) is 8.61. The molecule has 0 aliphatic heterocycles. The Labute approximate surface area is 152 Å². The smallest absolute Gasteiger partial charge is 0.261 e. The van der Waals surface area contributed by atoms with Gasteiger partial charge in [-0.05, 0) is 54.1 Å². The van der Waals surface area contributed by atoms with Gasteiger partial charge >= 0.3 is 0 Å². The number of nitrogens with one attached hydrogen (secondary N) is 2.